The van der Waals surface area contributed by atoms with Gasteiger partial charge in [-0.2, -0.15) is 0 Å². The SMILES string of the molecule is CCN(C(=O)c1cccnc1)c1nnc(-c2ccc(C(C)(C)C)cc2)s1. The van der Waals surface area contributed by atoms with Gasteiger partial charge in [0.25, 0.3) is 5.91 Å². The molecule has 3 rings (SSSR count). The zero-order chi connectivity index (χ0) is 18.7. The molecule has 0 spiro atoms. The zero-order valence-electron chi connectivity index (χ0n) is 15.4. The molecule has 6 heteroatoms. The van der Waals surface area contributed by atoms with Crippen LogP contribution in [0.2, 0.25) is 0 Å². The Balaban J connectivity index is 1.85. The average molecular weight is 366 g/mol. The summed E-state index contributed by atoms with van der Waals surface area (Å²) in [4.78, 5) is 18.3. The first-order chi connectivity index (χ1) is 12.4. The second-order valence-electron chi connectivity index (χ2n) is 7.01. The summed E-state index contributed by atoms with van der Waals surface area (Å²) in [6, 6.07) is 11.9. The van der Waals surface area contributed by atoms with Gasteiger partial charge in [-0.15, -0.1) is 10.2 Å². The highest BCUT2D eigenvalue weighted by Crippen LogP contribution is 2.31. The third-order valence-electron chi connectivity index (χ3n) is 4.11. The van der Waals surface area contributed by atoms with Crippen LogP contribution in [-0.2, 0) is 5.41 Å². The first-order valence-electron chi connectivity index (χ1n) is 8.56. The van der Waals surface area contributed by atoms with Crippen molar-refractivity contribution in [3.8, 4) is 10.6 Å². The van der Waals surface area contributed by atoms with Crippen LogP contribution in [0.5, 0.6) is 0 Å². The Morgan fingerprint density at radius 3 is 2.42 bits per heavy atom. The molecule has 134 valence electrons. The Morgan fingerprint density at radius 1 is 1.12 bits per heavy atom. The summed E-state index contributed by atoms with van der Waals surface area (Å²) in [6.45, 7) is 9.01. The van der Waals surface area contributed by atoms with Crippen molar-refractivity contribution < 1.29 is 4.79 Å². The lowest BCUT2D eigenvalue weighted by Gasteiger charge is -2.18. The predicted molar refractivity (Wildman–Crippen MR) is 106 cm³/mol. The minimum atomic E-state index is -0.119. The molecule has 0 bridgehead atoms. The van der Waals surface area contributed by atoms with E-state index >= 15 is 0 Å². The fraction of sp³-hybridized carbons (Fsp3) is 0.300. The van der Waals surface area contributed by atoms with Crippen LogP contribution in [0.15, 0.2) is 48.8 Å². The quantitative estimate of drug-likeness (QED) is 0.679. The number of carbonyl (C=O) groups is 1. The molecular weight excluding hydrogens is 344 g/mol. The van der Waals surface area contributed by atoms with E-state index in [4.69, 9.17) is 0 Å². The van der Waals surface area contributed by atoms with Crippen LogP contribution < -0.4 is 4.90 Å². The van der Waals surface area contributed by atoms with Crippen molar-refractivity contribution in [1.82, 2.24) is 15.2 Å². The average Bonchev–Trinajstić information content (AvgIpc) is 3.12. The molecule has 0 unspecified atom stereocenters. The molecule has 2 heterocycles. The van der Waals surface area contributed by atoms with Crippen molar-refractivity contribution in [1.29, 1.82) is 0 Å². The topological polar surface area (TPSA) is 59.0 Å². The highest BCUT2D eigenvalue weighted by molar-refractivity contribution is 7.18. The summed E-state index contributed by atoms with van der Waals surface area (Å²) in [5.74, 6) is -0.119. The lowest BCUT2D eigenvalue weighted by molar-refractivity contribution is 0.0988. The van der Waals surface area contributed by atoms with Gasteiger partial charge >= 0.3 is 0 Å². The number of aromatic nitrogens is 3. The van der Waals surface area contributed by atoms with E-state index in [2.05, 4.69) is 60.2 Å². The normalized spacial score (nSPS) is 11.4. The minimum Gasteiger partial charge on any atom is -0.283 e. The molecule has 0 fully saturated rings. The summed E-state index contributed by atoms with van der Waals surface area (Å²) >= 11 is 1.42. The van der Waals surface area contributed by atoms with Crippen molar-refractivity contribution >= 4 is 22.4 Å². The van der Waals surface area contributed by atoms with Gasteiger partial charge in [0.2, 0.25) is 5.13 Å². The molecule has 3 aromatic rings. The summed E-state index contributed by atoms with van der Waals surface area (Å²) in [7, 11) is 0. The molecule has 0 atom stereocenters. The van der Waals surface area contributed by atoms with E-state index in [1.807, 2.05) is 6.92 Å². The van der Waals surface area contributed by atoms with Crippen molar-refractivity contribution in [2.24, 2.45) is 0 Å². The number of carbonyl (C=O) groups excluding carboxylic acids is 1. The van der Waals surface area contributed by atoms with Gasteiger partial charge in [0, 0.05) is 24.5 Å². The first-order valence-corrected chi connectivity index (χ1v) is 9.38. The van der Waals surface area contributed by atoms with Gasteiger partial charge < -0.3 is 0 Å². The summed E-state index contributed by atoms with van der Waals surface area (Å²) < 4.78 is 0. The lowest BCUT2D eigenvalue weighted by atomic mass is 9.87. The fourth-order valence-electron chi connectivity index (χ4n) is 2.56. The number of anilines is 1. The zero-order valence-corrected chi connectivity index (χ0v) is 16.2. The minimum absolute atomic E-state index is 0.111. The first kappa shape index (κ1) is 18.2. The van der Waals surface area contributed by atoms with Gasteiger partial charge in [-0.05, 0) is 30.0 Å². The molecule has 1 aromatic carbocycles. The highest BCUT2D eigenvalue weighted by Gasteiger charge is 2.21. The Bertz CT molecular complexity index is 882. The number of nitrogens with zero attached hydrogens (tertiary/aromatic N) is 4. The second-order valence-corrected chi connectivity index (χ2v) is 7.96. The molecule has 0 saturated carbocycles. The Labute approximate surface area is 157 Å². The second kappa shape index (κ2) is 7.33. The van der Waals surface area contributed by atoms with E-state index in [1.165, 1.54) is 16.9 Å². The number of benzene rings is 1. The van der Waals surface area contributed by atoms with Gasteiger partial charge in [-0.1, -0.05) is 56.4 Å². The van der Waals surface area contributed by atoms with Crippen molar-refractivity contribution in [3.05, 3.63) is 59.9 Å². The third kappa shape index (κ3) is 3.80. The molecule has 0 aliphatic rings. The van der Waals surface area contributed by atoms with Crippen LogP contribution >= 0.6 is 11.3 Å². The molecule has 5 nitrogen and oxygen atoms in total. The van der Waals surface area contributed by atoms with E-state index in [9.17, 15) is 4.79 Å². The Kier molecular flexibility index (Phi) is 5.13. The smallest absolute Gasteiger partial charge is 0.261 e. The van der Waals surface area contributed by atoms with Crippen molar-refractivity contribution in [2.45, 2.75) is 33.1 Å². The molecular formula is C20H22N4OS. The number of rotatable bonds is 4. The monoisotopic (exact) mass is 366 g/mol. The van der Waals surface area contributed by atoms with Gasteiger partial charge in [0.15, 0.2) is 0 Å². The van der Waals surface area contributed by atoms with Gasteiger partial charge in [0.05, 0.1) is 5.56 Å². The van der Waals surface area contributed by atoms with Gasteiger partial charge in [-0.25, -0.2) is 0 Å². The van der Waals surface area contributed by atoms with Crippen molar-refractivity contribution in [2.75, 3.05) is 11.4 Å². The lowest BCUT2D eigenvalue weighted by Crippen LogP contribution is -2.30. The van der Waals surface area contributed by atoms with E-state index < -0.39 is 0 Å². The van der Waals surface area contributed by atoms with Crippen LogP contribution in [0.1, 0.15) is 43.6 Å². The van der Waals surface area contributed by atoms with Crippen LogP contribution in [0.3, 0.4) is 0 Å². The maximum atomic E-state index is 12.7. The molecule has 2 aromatic heterocycles. The number of hydrogen-bond donors (Lipinski definition) is 0. The molecule has 0 radical (unpaired) electrons. The molecule has 0 saturated heterocycles. The summed E-state index contributed by atoms with van der Waals surface area (Å²) in [5, 5.41) is 9.91. The predicted octanol–water partition coefficient (Wildman–Crippen LogP) is 4.56. The Morgan fingerprint density at radius 2 is 1.85 bits per heavy atom. The molecule has 0 N–H and O–H groups in total. The maximum absolute atomic E-state index is 12.7. The van der Waals surface area contributed by atoms with Gasteiger partial charge in [0.1, 0.15) is 5.01 Å². The number of hydrogen-bond acceptors (Lipinski definition) is 5. The molecule has 0 aliphatic carbocycles. The molecule has 0 aliphatic heterocycles. The Hall–Kier alpha value is -2.60. The van der Waals surface area contributed by atoms with E-state index in [0.717, 1.165) is 10.6 Å². The van der Waals surface area contributed by atoms with Crippen LogP contribution in [-0.4, -0.2) is 27.6 Å². The van der Waals surface area contributed by atoms with Crippen molar-refractivity contribution in [3.63, 3.8) is 0 Å². The van der Waals surface area contributed by atoms with E-state index in [0.29, 0.717) is 17.2 Å². The molecule has 26 heavy (non-hydrogen) atoms. The summed E-state index contributed by atoms with van der Waals surface area (Å²) in [6.07, 6.45) is 3.22. The highest BCUT2D eigenvalue weighted by atomic mass is 32.1. The largest absolute Gasteiger partial charge is 0.283 e. The van der Waals surface area contributed by atoms with E-state index in [1.54, 1.807) is 29.4 Å². The van der Waals surface area contributed by atoms with Gasteiger partial charge in [-0.3, -0.25) is 14.7 Å². The third-order valence-corrected chi connectivity index (χ3v) is 5.11. The number of amides is 1. The fourth-order valence-corrected chi connectivity index (χ4v) is 3.48. The molecule has 1 amide bonds. The van der Waals surface area contributed by atoms with Crippen LogP contribution in [0.25, 0.3) is 10.6 Å². The van der Waals surface area contributed by atoms with Crippen LogP contribution in [0, 0.1) is 0 Å². The van der Waals surface area contributed by atoms with Crippen LogP contribution in [0.4, 0.5) is 5.13 Å². The number of pyridine rings is 1. The maximum Gasteiger partial charge on any atom is 0.261 e. The van der Waals surface area contributed by atoms with E-state index in [-0.39, 0.29) is 11.3 Å². The summed E-state index contributed by atoms with van der Waals surface area (Å²) in [5.41, 5.74) is 2.93. The standard InChI is InChI=1S/C20H22N4OS/c1-5-24(18(25)15-7-6-12-21-13-15)19-23-22-17(26-19)14-8-10-16(11-9-14)20(2,3)4/h6-13H,5H2,1-4H3.